The van der Waals surface area contributed by atoms with Crippen LogP contribution in [0.15, 0.2) is 24.3 Å². The van der Waals surface area contributed by atoms with E-state index in [9.17, 15) is 5.26 Å². The van der Waals surface area contributed by atoms with Gasteiger partial charge in [-0.15, -0.1) is 0 Å². The first-order chi connectivity index (χ1) is 12.7. The standard InChI is InChI=1S/C25H37N/c1-3-5-6-21-9-13-24(14-10-21)25(19-26)17-15-23(16-18-25)22-11-7-20(4-2)8-12-22/h9-10,13-14,20,22-23H,3-8,11-12,15-18H2,1-2H3. The highest BCUT2D eigenvalue weighted by molar-refractivity contribution is 5.35. The van der Waals surface area contributed by atoms with Gasteiger partial charge in [-0.2, -0.15) is 5.26 Å². The predicted octanol–water partition coefficient (Wildman–Crippen LogP) is 7.20. The third kappa shape index (κ3) is 4.33. The van der Waals surface area contributed by atoms with Crippen LogP contribution >= 0.6 is 0 Å². The fourth-order valence-corrected chi connectivity index (χ4v) is 5.51. The first-order valence-corrected chi connectivity index (χ1v) is 11.2. The number of unbranched alkanes of at least 4 members (excludes halogenated alkanes) is 1. The summed E-state index contributed by atoms with van der Waals surface area (Å²) in [5.41, 5.74) is 2.47. The van der Waals surface area contributed by atoms with Gasteiger partial charge < -0.3 is 0 Å². The molecule has 2 fully saturated rings. The maximum atomic E-state index is 10.0. The van der Waals surface area contributed by atoms with Gasteiger partial charge in [0.25, 0.3) is 0 Å². The first-order valence-electron chi connectivity index (χ1n) is 11.2. The normalized spacial score (nSPS) is 32.1. The summed E-state index contributed by atoms with van der Waals surface area (Å²) in [5, 5.41) is 10.0. The third-order valence-electron chi connectivity index (χ3n) is 7.56. The molecule has 0 atom stereocenters. The van der Waals surface area contributed by atoms with E-state index in [1.807, 2.05) is 0 Å². The van der Waals surface area contributed by atoms with Crippen molar-refractivity contribution in [3.8, 4) is 6.07 Å². The third-order valence-corrected chi connectivity index (χ3v) is 7.56. The molecule has 2 aliphatic rings. The van der Waals surface area contributed by atoms with Crippen LogP contribution in [0.25, 0.3) is 0 Å². The van der Waals surface area contributed by atoms with E-state index in [1.165, 1.54) is 75.3 Å². The highest BCUT2D eigenvalue weighted by Gasteiger charge is 2.39. The molecule has 0 aromatic heterocycles. The molecule has 0 radical (unpaired) electrons. The summed E-state index contributed by atoms with van der Waals surface area (Å²) in [5.74, 6) is 2.79. The molecule has 0 N–H and O–H groups in total. The monoisotopic (exact) mass is 351 g/mol. The number of nitriles is 1. The van der Waals surface area contributed by atoms with Gasteiger partial charge in [0.1, 0.15) is 0 Å². The second-order valence-electron chi connectivity index (χ2n) is 9.02. The summed E-state index contributed by atoms with van der Waals surface area (Å²) in [4.78, 5) is 0. The Labute approximate surface area is 161 Å². The molecule has 0 unspecified atom stereocenters. The van der Waals surface area contributed by atoms with Gasteiger partial charge >= 0.3 is 0 Å². The van der Waals surface area contributed by atoms with Crippen molar-refractivity contribution in [1.82, 2.24) is 0 Å². The van der Waals surface area contributed by atoms with Crippen LogP contribution in [0.3, 0.4) is 0 Å². The van der Waals surface area contributed by atoms with E-state index >= 15 is 0 Å². The van der Waals surface area contributed by atoms with Crippen LogP contribution in [-0.4, -0.2) is 0 Å². The zero-order chi connectivity index (χ0) is 18.4. The van der Waals surface area contributed by atoms with E-state index < -0.39 is 0 Å². The number of aryl methyl sites for hydroxylation is 1. The molecule has 0 amide bonds. The number of rotatable bonds is 6. The fraction of sp³-hybridized carbons (Fsp3) is 0.720. The van der Waals surface area contributed by atoms with Gasteiger partial charge in [0, 0.05) is 0 Å². The van der Waals surface area contributed by atoms with E-state index in [1.54, 1.807) is 0 Å². The molecule has 0 bridgehead atoms. The summed E-state index contributed by atoms with van der Waals surface area (Å²) < 4.78 is 0. The van der Waals surface area contributed by atoms with Gasteiger partial charge in [-0.25, -0.2) is 0 Å². The molecule has 142 valence electrons. The SMILES string of the molecule is CCCCc1ccc(C2(C#N)CCC(C3CCC(CC)CC3)CC2)cc1. The van der Waals surface area contributed by atoms with Crippen LogP contribution in [0.5, 0.6) is 0 Å². The summed E-state index contributed by atoms with van der Waals surface area (Å²) in [6, 6.07) is 11.8. The van der Waals surface area contributed by atoms with Crippen molar-refractivity contribution in [1.29, 1.82) is 5.26 Å². The first kappa shape index (κ1) is 19.5. The van der Waals surface area contributed by atoms with Gasteiger partial charge in [0.2, 0.25) is 0 Å². The smallest absolute Gasteiger partial charge is 0.0822 e. The van der Waals surface area contributed by atoms with E-state index in [4.69, 9.17) is 0 Å². The zero-order valence-electron chi connectivity index (χ0n) is 17.0. The molecule has 1 heteroatoms. The minimum Gasteiger partial charge on any atom is -0.197 e. The second-order valence-corrected chi connectivity index (χ2v) is 9.02. The number of nitrogens with zero attached hydrogens (tertiary/aromatic N) is 1. The molecule has 1 aromatic rings. The summed E-state index contributed by atoms with van der Waals surface area (Å²) >= 11 is 0. The molecule has 2 saturated carbocycles. The Bertz CT molecular complexity index is 578. The van der Waals surface area contributed by atoms with Crippen LogP contribution in [-0.2, 0) is 11.8 Å². The molecule has 0 spiro atoms. The molecule has 2 aliphatic carbocycles. The van der Waals surface area contributed by atoms with Crippen molar-refractivity contribution in [3.63, 3.8) is 0 Å². The quantitative estimate of drug-likeness (QED) is 0.531. The zero-order valence-corrected chi connectivity index (χ0v) is 17.0. The Kier molecular flexibility index (Phi) is 6.80. The van der Waals surface area contributed by atoms with Crippen molar-refractivity contribution in [2.75, 3.05) is 0 Å². The molecule has 0 aliphatic heterocycles. The summed E-state index contributed by atoms with van der Waals surface area (Å²) in [6.45, 7) is 4.59. The molecule has 0 saturated heterocycles. The van der Waals surface area contributed by atoms with Crippen LogP contribution in [0.2, 0.25) is 0 Å². The molecule has 3 rings (SSSR count). The van der Waals surface area contributed by atoms with Crippen LogP contribution in [0.1, 0.15) is 95.6 Å². The Morgan fingerprint density at radius 2 is 1.54 bits per heavy atom. The van der Waals surface area contributed by atoms with Gasteiger partial charge in [0.15, 0.2) is 0 Å². The second kappa shape index (κ2) is 9.07. The van der Waals surface area contributed by atoms with E-state index in [2.05, 4.69) is 44.2 Å². The molecule has 0 heterocycles. The molecule has 1 aromatic carbocycles. The van der Waals surface area contributed by atoms with E-state index in [0.29, 0.717) is 0 Å². The van der Waals surface area contributed by atoms with Crippen LogP contribution < -0.4 is 0 Å². The minimum atomic E-state index is -0.222. The lowest BCUT2D eigenvalue weighted by Crippen LogP contribution is -2.33. The molecular weight excluding hydrogens is 314 g/mol. The lowest BCUT2D eigenvalue weighted by molar-refractivity contribution is 0.146. The number of hydrogen-bond acceptors (Lipinski definition) is 1. The predicted molar refractivity (Wildman–Crippen MR) is 110 cm³/mol. The Balaban J connectivity index is 1.59. The van der Waals surface area contributed by atoms with Crippen molar-refractivity contribution in [2.24, 2.45) is 17.8 Å². The lowest BCUT2D eigenvalue weighted by Gasteiger charge is -2.41. The molecule has 1 nitrogen and oxygen atoms in total. The van der Waals surface area contributed by atoms with Crippen LogP contribution in [0, 0.1) is 29.1 Å². The molecule has 26 heavy (non-hydrogen) atoms. The van der Waals surface area contributed by atoms with Crippen molar-refractivity contribution in [2.45, 2.75) is 96.3 Å². The average Bonchev–Trinajstić information content (AvgIpc) is 2.73. The maximum absolute atomic E-state index is 10.0. The highest BCUT2D eigenvalue weighted by atomic mass is 14.4. The Hall–Kier alpha value is -1.29. The fourth-order valence-electron chi connectivity index (χ4n) is 5.51. The largest absolute Gasteiger partial charge is 0.197 e. The highest BCUT2D eigenvalue weighted by Crippen LogP contribution is 2.47. The Morgan fingerprint density at radius 1 is 0.923 bits per heavy atom. The summed E-state index contributed by atoms with van der Waals surface area (Å²) in [7, 11) is 0. The van der Waals surface area contributed by atoms with Gasteiger partial charge in [-0.05, 0) is 80.2 Å². The maximum Gasteiger partial charge on any atom is 0.0822 e. The van der Waals surface area contributed by atoms with E-state index in [0.717, 1.165) is 30.6 Å². The van der Waals surface area contributed by atoms with Crippen molar-refractivity contribution >= 4 is 0 Å². The summed E-state index contributed by atoms with van der Waals surface area (Å²) in [6.07, 6.45) is 15.4. The average molecular weight is 352 g/mol. The van der Waals surface area contributed by atoms with Crippen molar-refractivity contribution < 1.29 is 0 Å². The van der Waals surface area contributed by atoms with Crippen LogP contribution in [0.4, 0.5) is 0 Å². The number of hydrogen-bond donors (Lipinski definition) is 0. The van der Waals surface area contributed by atoms with Crippen molar-refractivity contribution in [3.05, 3.63) is 35.4 Å². The topological polar surface area (TPSA) is 23.8 Å². The lowest BCUT2D eigenvalue weighted by atomic mass is 9.63. The molecular formula is C25H37N. The number of benzene rings is 1. The van der Waals surface area contributed by atoms with Gasteiger partial charge in [-0.3, -0.25) is 0 Å². The minimum absolute atomic E-state index is 0.222. The van der Waals surface area contributed by atoms with Gasteiger partial charge in [-0.1, -0.05) is 63.8 Å². The van der Waals surface area contributed by atoms with Gasteiger partial charge in [0.05, 0.1) is 11.5 Å². The van der Waals surface area contributed by atoms with E-state index in [-0.39, 0.29) is 5.41 Å². The Morgan fingerprint density at radius 3 is 2.08 bits per heavy atom.